The van der Waals surface area contributed by atoms with E-state index in [0.717, 1.165) is 12.0 Å². The number of rotatable bonds is 8. The molecule has 1 aliphatic rings. The SMILES string of the molecule is CN(C)C(=O)CN=C(NCCc1ccccc1)NCC1CC(=O)N(C)C1c1ccccc1. The van der Waals surface area contributed by atoms with Gasteiger partial charge in [0.1, 0.15) is 6.54 Å². The number of hydrogen-bond acceptors (Lipinski definition) is 3. The molecular formula is C25H33N5O2. The van der Waals surface area contributed by atoms with Gasteiger partial charge in [0.2, 0.25) is 11.8 Å². The second-order valence-electron chi connectivity index (χ2n) is 8.32. The van der Waals surface area contributed by atoms with Gasteiger partial charge in [-0.1, -0.05) is 60.7 Å². The summed E-state index contributed by atoms with van der Waals surface area (Å²) in [6.07, 6.45) is 1.33. The normalized spacial score (nSPS) is 18.5. The highest BCUT2D eigenvalue weighted by Crippen LogP contribution is 2.36. The van der Waals surface area contributed by atoms with Crippen molar-refractivity contribution in [1.82, 2.24) is 20.4 Å². The Labute approximate surface area is 190 Å². The van der Waals surface area contributed by atoms with E-state index in [9.17, 15) is 9.59 Å². The van der Waals surface area contributed by atoms with Crippen LogP contribution in [0.15, 0.2) is 65.7 Å². The van der Waals surface area contributed by atoms with Crippen LogP contribution in [0.4, 0.5) is 0 Å². The summed E-state index contributed by atoms with van der Waals surface area (Å²) in [6.45, 7) is 1.35. The second kappa shape index (κ2) is 11.3. The highest BCUT2D eigenvalue weighted by atomic mass is 16.2. The highest BCUT2D eigenvalue weighted by molar-refractivity contribution is 5.85. The third-order valence-electron chi connectivity index (χ3n) is 5.79. The summed E-state index contributed by atoms with van der Waals surface area (Å²) in [5.41, 5.74) is 2.36. The van der Waals surface area contributed by atoms with E-state index in [-0.39, 0.29) is 30.3 Å². The van der Waals surface area contributed by atoms with Gasteiger partial charge in [-0.15, -0.1) is 0 Å². The number of likely N-dealkylation sites (tertiary alicyclic amines) is 1. The van der Waals surface area contributed by atoms with Crippen molar-refractivity contribution in [2.45, 2.75) is 18.9 Å². The summed E-state index contributed by atoms with van der Waals surface area (Å²) in [4.78, 5) is 32.3. The summed E-state index contributed by atoms with van der Waals surface area (Å²) in [5.74, 6) is 0.779. The number of carbonyl (C=O) groups excluding carboxylic acids is 2. The quantitative estimate of drug-likeness (QED) is 0.492. The number of carbonyl (C=O) groups is 2. The van der Waals surface area contributed by atoms with E-state index in [4.69, 9.17) is 0 Å². The fraction of sp³-hybridized carbons (Fsp3) is 0.400. The van der Waals surface area contributed by atoms with Crippen LogP contribution in [-0.2, 0) is 16.0 Å². The zero-order valence-corrected chi connectivity index (χ0v) is 19.1. The van der Waals surface area contributed by atoms with Gasteiger partial charge in [0.15, 0.2) is 5.96 Å². The molecule has 1 fully saturated rings. The summed E-state index contributed by atoms with van der Waals surface area (Å²) < 4.78 is 0. The van der Waals surface area contributed by atoms with Crippen molar-refractivity contribution in [2.75, 3.05) is 40.8 Å². The molecule has 0 bridgehead atoms. The van der Waals surface area contributed by atoms with Crippen molar-refractivity contribution in [3.8, 4) is 0 Å². The molecule has 32 heavy (non-hydrogen) atoms. The number of hydrogen-bond donors (Lipinski definition) is 2. The van der Waals surface area contributed by atoms with Gasteiger partial charge in [0, 0.05) is 46.6 Å². The van der Waals surface area contributed by atoms with Crippen molar-refractivity contribution in [3.05, 3.63) is 71.8 Å². The van der Waals surface area contributed by atoms with E-state index in [1.165, 1.54) is 10.5 Å². The standard InChI is InChI=1S/C25H33N5O2/c1-29(2)23(32)18-28-25(26-15-14-19-10-6-4-7-11-19)27-17-21-16-22(31)30(3)24(21)20-12-8-5-9-13-20/h4-13,21,24H,14-18H2,1-3H3,(H2,26,27,28). The molecular weight excluding hydrogens is 402 g/mol. The van der Waals surface area contributed by atoms with E-state index < -0.39 is 0 Å². The number of amides is 2. The minimum absolute atomic E-state index is 0.0187. The molecule has 2 aromatic rings. The second-order valence-corrected chi connectivity index (χ2v) is 8.32. The molecule has 0 radical (unpaired) electrons. The lowest BCUT2D eigenvalue weighted by Crippen LogP contribution is -2.42. The van der Waals surface area contributed by atoms with E-state index in [0.29, 0.717) is 25.5 Å². The van der Waals surface area contributed by atoms with Crippen LogP contribution < -0.4 is 10.6 Å². The number of aliphatic imine (C=N–C) groups is 1. The van der Waals surface area contributed by atoms with Crippen molar-refractivity contribution in [1.29, 1.82) is 0 Å². The smallest absolute Gasteiger partial charge is 0.243 e. The van der Waals surface area contributed by atoms with Gasteiger partial charge >= 0.3 is 0 Å². The van der Waals surface area contributed by atoms with Crippen molar-refractivity contribution in [2.24, 2.45) is 10.9 Å². The van der Waals surface area contributed by atoms with Crippen molar-refractivity contribution in [3.63, 3.8) is 0 Å². The van der Waals surface area contributed by atoms with Gasteiger partial charge in [-0.3, -0.25) is 9.59 Å². The number of likely N-dealkylation sites (N-methyl/N-ethyl adjacent to an activating group) is 1. The largest absolute Gasteiger partial charge is 0.356 e. The molecule has 7 heteroatoms. The van der Waals surface area contributed by atoms with Crippen LogP contribution in [0.25, 0.3) is 0 Å². The first-order valence-electron chi connectivity index (χ1n) is 11.0. The lowest BCUT2D eigenvalue weighted by Gasteiger charge is -2.26. The summed E-state index contributed by atoms with van der Waals surface area (Å²) >= 11 is 0. The first-order valence-corrected chi connectivity index (χ1v) is 11.0. The molecule has 0 aliphatic carbocycles. The highest BCUT2D eigenvalue weighted by Gasteiger charge is 2.38. The molecule has 0 aromatic heterocycles. The number of guanidine groups is 1. The molecule has 2 aromatic carbocycles. The van der Waals surface area contributed by atoms with Gasteiger partial charge in [-0.2, -0.15) is 0 Å². The minimum Gasteiger partial charge on any atom is -0.356 e. The predicted octanol–water partition coefficient (Wildman–Crippen LogP) is 2.07. The van der Waals surface area contributed by atoms with Gasteiger partial charge < -0.3 is 20.4 Å². The Bertz CT molecular complexity index is 914. The Morgan fingerprint density at radius 1 is 1.06 bits per heavy atom. The fourth-order valence-corrected chi connectivity index (χ4v) is 3.94. The Balaban J connectivity index is 1.65. The Kier molecular flexibility index (Phi) is 8.25. The van der Waals surface area contributed by atoms with Crippen LogP contribution in [0.2, 0.25) is 0 Å². The molecule has 1 heterocycles. The Morgan fingerprint density at radius 2 is 1.72 bits per heavy atom. The molecule has 2 amide bonds. The predicted molar refractivity (Wildman–Crippen MR) is 127 cm³/mol. The van der Waals surface area contributed by atoms with Crippen molar-refractivity contribution >= 4 is 17.8 Å². The van der Waals surface area contributed by atoms with Crippen LogP contribution >= 0.6 is 0 Å². The first-order chi connectivity index (χ1) is 15.5. The van der Waals surface area contributed by atoms with Crippen LogP contribution in [0.1, 0.15) is 23.6 Å². The van der Waals surface area contributed by atoms with E-state index >= 15 is 0 Å². The minimum atomic E-state index is -0.0629. The van der Waals surface area contributed by atoms with Crippen LogP contribution in [0.3, 0.4) is 0 Å². The van der Waals surface area contributed by atoms with E-state index in [1.807, 2.05) is 48.3 Å². The summed E-state index contributed by atoms with van der Waals surface area (Å²) in [7, 11) is 5.30. The van der Waals surface area contributed by atoms with Gasteiger partial charge in [0.25, 0.3) is 0 Å². The fourth-order valence-electron chi connectivity index (χ4n) is 3.94. The molecule has 7 nitrogen and oxygen atoms in total. The van der Waals surface area contributed by atoms with Gasteiger partial charge in [-0.05, 0) is 17.5 Å². The zero-order chi connectivity index (χ0) is 22.9. The summed E-state index contributed by atoms with van der Waals surface area (Å²) in [5, 5.41) is 6.71. The third kappa shape index (κ3) is 6.33. The van der Waals surface area contributed by atoms with Gasteiger partial charge in [0.05, 0.1) is 6.04 Å². The lowest BCUT2D eigenvalue weighted by atomic mass is 9.94. The molecule has 0 spiro atoms. The average molecular weight is 436 g/mol. The number of nitrogens with zero attached hydrogens (tertiary/aromatic N) is 3. The van der Waals surface area contributed by atoms with Crippen LogP contribution in [-0.4, -0.2) is 68.4 Å². The number of benzene rings is 2. The maximum atomic E-state index is 12.4. The zero-order valence-electron chi connectivity index (χ0n) is 19.1. The third-order valence-corrected chi connectivity index (χ3v) is 5.79. The molecule has 170 valence electrons. The topological polar surface area (TPSA) is 77.0 Å². The van der Waals surface area contributed by atoms with E-state index in [2.05, 4.69) is 39.9 Å². The average Bonchev–Trinajstić information content (AvgIpc) is 3.09. The molecule has 1 saturated heterocycles. The molecule has 1 aliphatic heterocycles. The Morgan fingerprint density at radius 3 is 2.38 bits per heavy atom. The van der Waals surface area contributed by atoms with Gasteiger partial charge in [-0.25, -0.2) is 4.99 Å². The monoisotopic (exact) mass is 435 g/mol. The lowest BCUT2D eigenvalue weighted by molar-refractivity contribution is -0.128. The van der Waals surface area contributed by atoms with Crippen molar-refractivity contribution < 1.29 is 9.59 Å². The molecule has 0 saturated carbocycles. The maximum absolute atomic E-state index is 12.4. The number of nitrogens with one attached hydrogen (secondary N) is 2. The maximum Gasteiger partial charge on any atom is 0.243 e. The van der Waals surface area contributed by atoms with Crippen LogP contribution in [0, 0.1) is 5.92 Å². The van der Waals surface area contributed by atoms with Crippen LogP contribution in [0.5, 0.6) is 0 Å². The first kappa shape index (κ1) is 23.3. The Hall–Kier alpha value is -3.35. The molecule has 2 N–H and O–H groups in total. The van der Waals surface area contributed by atoms with E-state index in [1.54, 1.807) is 14.1 Å². The summed E-state index contributed by atoms with van der Waals surface area (Å²) in [6, 6.07) is 20.4. The molecule has 2 unspecified atom stereocenters. The molecule has 3 rings (SSSR count). The molecule has 2 atom stereocenters.